The molecular weight excluding hydrogens is 396 g/mol. The molecule has 7 heteroatoms. The van der Waals surface area contributed by atoms with Crippen LogP contribution in [-0.4, -0.2) is 48.6 Å². The first-order valence-corrected chi connectivity index (χ1v) is 11.1. The van der Waals surface area contributed by atoms with Crippen LogP contribution < -0.4 is 5.32 Å². The molecule has 1 N–H and O–H groups in total. The van der Waals surface area contributed by atoms with Gasteiger partial charge in [-0.1, -0.05) is 30.3 Å². The van der Waals surface area contributed by atoms with Gasteiger partial charge < -0.3 is 24.5 Å². The second-order valence-corrected chi connectivity index (χ2v) is 9.21. The molecule has 0 spiro atoms. The minimum absolute atomic E-state index is 0.265. The van der Waals surface area contributed by atoms with Gasteiger partial charge in [-0.15, -0.1) is 0 Å². The van der Waals surface area contributed by atoms with Crippen LogP contribution in [0.5, 0.6) is 0 Å². The number of ether oxygens (including phenoxy) is 2. The lowest BCUT2D eigenvalue weighted by Gasteiger charge is -2.33. The molecule has 0 bridgehead atoms. The zero-order valence-electron chi connectivity index (χ0n) is 19.0. The molecule has 0 heterocycles. The lowest BCUT2D eigenvalue weighted by atomic mass is 9.81. The highest BCUT2D eigenvalue weighted by molar-refractivity contribution is 5.68. The summed E-state index contributed by atoms with van der Waals surface area (Å²) in [5.41, 5.74) is 0.400. The van der Waals surface area contributed by atoms with E-state index < -0.39 is 11.7 Å². The first-order chi connectivity index (χ1) is 14.8. The standard InChI is InChI=1S/C24H36N2O5/c1-24(2,3)31-23(29)26(14-7-15-27)17-20-12-10-19(11-13-20)16-25-22(28)30-18-21-8-5-4-6-9-21/h4-6,8-9,15,19-20H,7,10-14,16-18H2,1-3H3,(H,25,28). The maximum atomic E-state index is 12.5. The van der Waals surface area contributed by atoms with E-state index in [1.807, 2.05) is 51.1 Å². The molecular formula is C24H36N2O5. The average Bonchev–Trinajstić information content (AvgIpc) is 2.74. The molecule has 0 aromatic heterocycles. The maximum Gasteiger partial charge on any atom is 0.410 e. The maximum absolute atomic E-state index is 12.5. The summed E-state index contributed by atoms with van der Waals surface area (Å²) in [6.07, 6.45) is 4.31. The molecule has 1 saturated carbocycles. The molecule has 0 aliphatic heterocycles. The van der Waals surface area contributed by atoms with Gasteiger partial charge in [-0.05, 0) is 63.9 Å². The molecule has 1 aliphatic carbocycles. The van der Waals surface area contributed by atoms with Crippen LogP contribution in [0.2, 0.25) is 0 Å². The molecule has 0 unspecified atom stereocenters. The number of alkyl carbamates (subject to hydrolysis) is 1. The molecule has 2 rings (SSSR count). The highest BCUT2D eigenvalue weighted by Crippen LogP contribution is 2.29. The van der Waals surface area contributed by atoms with Gasteiger partial charge in [0.15, 0.2) is 0 Å². The molecule has 0 radical (unpaired) electrons. The normalized spacial score (nSPS) is 18.7. The number of aldehydes is 1. The van der Waals surface area contributed by atoms with Crippen molar-refractivity contribution in [2.45, 2.75) is 65.1 Å². The quantitative estimate of drug-likeness (QED) is 0.579. The Hall–Kier alpha value is -2.57. The van der Waals surface area contributed by atoms with Crippen molar-refractivity contribution < 1.29 is 23.9 Å². The van der Waals surface area contributed by atoms with Crippen molar-refractivity contribution in [3.8, 4) is 0 Å². The van der Waals surface area contributed by atoms with Crippen molar-refractivity contribution in [1.82, 2.24) is 10.2 Å². The summed E-state index contributed by atoms with van der Waals surface area (Å²) in [6, 6.07) is 9.60. The third kappa shape index (κ3) is 9.85. The minimum atomic E-state index is -0.561. The molecule has 1 aromatic rings. The second kappa shape index (κ2) is 12.3. The molecule has 1 fully saturated rings. The molecule has 172 valence electrons. The van der Waals surface area contributed by atoms with Crippen molar-refractivity contribution in [1.29, 1.82) is 0 Å². The second-order valence-electron chi connectivity index (χ2n) is 9.21. The fourth-order valence-corrected chi connectivity index (χ4v) is 3.72. The van der Waals surface area contributed by atoms with Crippen molar-refractivity contribution in [2.24, 2.45) is 11.8 Å². The summed E-state index contributed by atoms with van der Waals surface area (Å²) >= 11 is 0. The van der Waals surface area contributed by atoms with E-state index in [2.05, 4.69) is 5.32 Å². The van der Waals surface area contributed by atoms with Gasteiger partial charge in [0.25, 0.3) is 0 Å². The molecule has 1 aromatic carbocycles. The van der Waals surface area contributed by atoms with Crippen LogP contribution in [0.1, 0.15) is 58.4 Å². The topological polar surface area (TPSA) is 84.9 Å². The van der Waals surface area contributed by atoms with Crippen LogP contribution in [0.3, 0.4) is 0 Å². The Morgan fingerprint density at radius 1 is 1.10 bits per heavy atom. The van der Waals surface area contributed by atoms with Crippen LogP contribution >= 0.6 is 0 Å². The molecule has 0 saturated heterocycles. The van der Waals surface area contributed by atoms with E-state index in [4.69, 9.17) is 9.47 Å². The number of nitrogens with zero attached hydrogens (tertiary/aromatic N) is 1. The third-order valence-corrected chi connectivity index (χ3v) is 5.36. The number of hydrogen-bond donors (Lipinski definition) is 1. The highest BCUT2D eigenvalue weighted by atomic mass is 16.6. The van der Waals surface area contributed by atoms with Crippen LogP contribution in [0.15, 0.2) is 30.3 Å². The van der Waals surface area contributed by atoms with Gasteiger partial charge in [0.05, 0.1) is 0 Å². The van der Waals surface area contributed by atoms with Crippen LogP contribution in [0.25, 0.3) is 0 Å². The Bertz CT molecular complexity index is 694. The third-order valence-electron chi connectivity index (χ3n) is 5.36. The number of hydrogen-bond acceptors (Lipinski definition) is 5. The number of rotatable bonds is 9. The average molecular weight is 433 g/mol. The number of benzene rings is 1. The Balaban J connectivity index is 1.70. The van der Waals surface area contributed by atoms with Crippen LogP contribution in [0.4, 0.5) is 9.59 Å². The Morgan fingerprint density at radius 2 is 1.74 bits per heavy atom. The van der Waals surface area contributed by atoms with Gasteiger partial charge in [-0.2, -0.15) is 0 Å². The van der Waals surface area contributed by atoms with Gasteiger partial charge in [0.1, 0.15) is 18.5 Å². The fourth-order valence-electron chi connectivity index (χ4n) is 3.72. The largest absolute Gasteiger partial charge is 0.445 e. The van der Waals surface area contributed by atoms with Crippen LogP contribution in [-0.2, 0) is 20.9 Å². The highest BCUT2D eigenvalue weighted by Gasteiger charge is 2.27. The predicted octanol–water partition coefficient (Wildman–Crippen LogP) is 4.55. The predicted molar refractivity (Wildman–Crippen MR) is 119 cm³/mol. The zero-order valence-corrected chi connectivity index (χ0v) is 19.0. The van der Waals surface area contributed by atoms with Gasteiger partial charge in [0, 0.05) is 26.1 Å². The van der Waals surface area contributed by atoms with E-state index in [9.17, 15) is 14.4 Å². The summed E-state index contributed by atoms with van der Waals surface area (Å²) in [6.45, 7) is 7.36. The first kappa shape index (κ1) is 24.7. The van der Waals surface area contributed by atoms with Crippen molar-refractivity contribution >= 4 is 18.5 Å². The van der Waals surface area contributed by atoms with E-state index in [1.54, 1.807) is 4.90 Å². The Labute approximate surface area is 185 Å². The molecule has 1 aliphatic rings. The monoisotopic (exact) mass is 432 g/mol. The van der Waals surface area contributed by atoms with Gasteiger partial charge in [-0.3, -0.25) is 0 Å². The number of nitrogens with one attached hydrogen (secondary N) is 1. The van der Waals surface area contributed by atoms with Gasteiger partial charge in [-0.25, -0.2) is 9.59 Å². The van der Waals surface area contributed by atoms with E-state index in [-0.39, 0.29) is 12.7 Å². The summed E-state index contributed by atoms with van der Waals surface area (Å²) in [7, 11) is 0. The lowest BCUT2D eigenvalue weighted by Crippen LogP contribution is -2.41. The number of carbonyl (C=O) groups excluding carboxylic acids is 3. The number of carbonyl (C=O) groups is 3. The SMILES string of the molecule is CC(C)(C)OC(=O)N(CCC=O)CC1CCC(CNC(=O)OCc2ccccc2)CC1. The van der Waals surface area contributed by atoms with E-state index >= 15 is 0 Å². The summed E-state index contributed by atoms with van der Waals surface area (Å²) in [5.74, 6) is 0.783. The molecule has 31 heavy (non-hydrogen) atoms. The summed E-state index contributed by atoms with van der Waals surface area (Å²) in [5, 5.41) is 2.87. The Kier molecular flexibility index (Phi) is 9.82. The summed E-state index contributed by atoms with van der Waals surface area (Å²) in [4.78, 5) is 36.8. The Morgan fingerprint density at radius 3 is 2.35 bits per heavy atom. The molecule has 2 amide bonds. The number of amides is 2. The van der Waals surface area contributed by atoms with Crippen molar-refractivity contribution in [3.63, 3.8) is 0 Å². The van der Waals surface area contributed by atoms with Crippen molar-refractivity contribution in [3.05, 3.63) is 35.9 Å². The molecule has 0 atom stereocenters. The van der Waals surface area contributed by atoms with Crippen LogP contribution in [0, 0.1) is 11.8 Å². The lowest BCUT2D eigenvalue weighted by molar-refractivity contribution is -0.108. The van der Waals surface area contributed by atoms with Crippen molar-refractivity contribution in [2.75, 3.05) is 19.6 Å². The summed E-state index contributed by atoms with van der Waals surface area (Å²) < 4.78 is 10.7. The minimum Gasteiger partial charge on any atom is -0.445 e. The fraction of sp³-hybridized carbons (Fsp3) is 0.625. The van der Waals surface area contributed by atoms with Gasteiger partial charge >= 0.3 is 12.2 Å². The van der Waals surface area contributed by atoms with E-state index in [1.165, 1.54) is 0 Å². The van der Waals surface area contributed by atoms with Gasteiger partial charge in [0.2, 0.25) is 0 Å². The molecule has 7 nitrogen and oxygen atoms in total. The van der Waals surface area contributed by atoms with E-state index in [0.29, 0.717) is 37.9 Å². The zero-order chi connectivity index (χ0) is 22.7. The first-order valence-electron chi connectivity index (χ1n) is 11.1. The smallest absolute Gasteiger partial charge is 0.410 e. The van der Waals surface area contributed by atoms with E-state index in [0.717, 1.165) is 37.5 Å².